The Balaban J connectivity index is 2.16. The summed E-state index contributed by atoms with van der Waals surface area (Å²) < 4.78 is 6.62. The molecule has 1 aromatic heterocycles. The highest BCUT2D eigenvalue weighted by Crippen LogP contribution is 2.29. The second-order valence-electron chi connectivity index (χ2n) is 4.48. The summed E-state index contributed by atoms with van der Waals surface area (Å²) in [5.74, 6) is 0.939. The van der Waals surface area contributed by atoms with Crippen molar-refractivity contribution < 1.29 is 4.74 Å². The van der Waals surface area contributed by atoms with Crippen LogP contribution in [0.4, 0.5) is 0 Å². The number of fused-ring (bicyclic) bond motifs is 1. The normalized spacial score (nSPS) is 11.3. The van der Waals surface area contributed by atoms with Crippen LogP contribution in [-0.2, 0) is 6.42 Å². The number of ether oxygens (including phenoxy) is 1. The van der Waals surface area contributed by atoms with Gasteiger partial charge in [-0.25, -0.2) is 0 Å². The van der Waals surface area contributed by atoms with Gasteiger partial charge in [-0.05, 0) is 47.5 Å². The summed E-state index contributed by atoms with van der Waals surface area (Å²) in [7, 11) is 1.72. The van der Waals surface area contributed by atoms with Crippen LogP contribution in [0.15, 0.2) is 23.6 Å². The fraction of sp³-hybridized carbons (Fsp3) is 0.429. The summed E-state index contributed by atoms with van der Waals surface area (Å²) in [6.07, 6.45) is 1.07. The number of benzene rings is 1. The monoisotopic (exact) mass is 249 g/mol. The van der Waals surface area contributed by atoms with Crippen LogP contribution in [0, 0.1) is 0 Å². The minimum Gasteiger partial charge on any atom is -0.497 e. The molecule has 0 saturated carbocycles. The highest BCUT2D eigenvalue weighted by atomic mass is 32.1. The van der Waals surface area contributed by atoms with E-state index in [-0.39, 0.29) is 0 Å². The van der Waals surface area contributed by atoms with Gasteiger partial charge >= 0.3 is 0 Å². The molecule has 0 atom stereocenters. The van der Waals surface area contributed by atoms with E-state index in [4.69, 9.17) is 4.74 Å². The van der Waals surface area contributed by atoms with E-state index in [9.17, 15) is 0 Å². The summed E-state index contributed by atoms with van der Waals surface area (Å²) >= 11 is 1.81. The third kappa shape index (κ3) is 2.99. The summed E-state index contributed by atoms with van der Waals surface area (Å²) in [6, 6.07) is 6.85. The Labute approximate surface area is 107 Å². The summed E-state index contributed by atoms with van der Waals surface area (Å²) in [5.41, 5.74) is 1.41. The van der Waals surface area contributed by atoms with Gasteiger partial charge in [0.15, 0.2) is 0 Å². The smallest absolute Gasteiger partial charge is 0.119 e. The highest BCUT2D eigenvalue weighted by molar-refractivity contribution is 7.17. The second-order valence-corrected chi connectivity index (χ2v) is 5.39. The number of methoxy groups -OCH3 is 1. The molecule has 0 saturated heterocycles. The summed E-state index contributed by atoms with van der Waals surface area (Å²) in [6.45, 7) is 5.38. The average molecular weight is 249 g/mol. The van der Waals surface area contributed by atoms with Crippen LogP contribution in [0.2, 0.25) is 0 Å². The van der Waals surface area contributed by atoms with Gasteiger partial charge in [0.2, 0.25) is 0 Å². The molecule has 2 nitrogen and oxygen atoms in total. The van der Waals surface area contributed by atoms with Crippen LogP contribution < -0.4 is 10.1 Å². The van der Waals surface area contributed by atoms with Gasteiger partial charge in [0.05, 0.1) is 7.11 Å². The summed E-state index contributed by atoms with van der Waals surface area (Å²) in [4.78, 5) is 0. The fourth-order valence-corrected chi connectivity index (χ4v) is 2.85. The molecule has 3 heteroatoms. The van der Waals surface area contributed by atoms with Crippen molar-refractivity contribution in [3.63, 3.8) is 0 Å². The van der Waals surface area contributed by atoms with Gasteiger partial charge in [-0.3, -0.25) is 0 Å². The van der Waals surface area contributed by atoms with Gasteiger partial charge in [0, 0.05) is 10.7 Å². The molecule has 0 spiro atoms. The molecule has 92 valence electrons. The first kappa shape index (κ1) is 12.4. The maximum Gasteiger partial charge on any atom is 0.119 e. The predicted octanol–water partition coefficient (Wildman–Crippen LogP) is 3.45. The van der Waals surface area contributed by atoms with E-state index in [0.717, 1.165) is 18.7 Å². The molecule has 0 fully saturated rings. The van der Waals surface area contributed by atoms with Gasteiger partial charge < -0.3 is 10.1 Å². The molecule has 1 aromatic carbocycles. The Hall–Kier alpha value is -1.06. The molecule has 0 unspecified atom stereocenters. The van der Waals surface area contributed by atoms with Crippen LogP contribution >= 0.6 is 11.3 Å². The minimum atomic E-state index is 0.550. The van der Waals surface area contributed by atoms with Gasteiger partial charge in [0.25, 0.3) is 0 Å². The first-order chi connectivity index (χ1) is 8.20. The molecular weight excluding hydrogens is 230 g/mol. The van der Waals surface area contributed by atoms with Crippen molar-refractivity contribution in [3.05, 3.63) is 29.1 Å². The van der Waals surface area contributed by atoms with Crippen LogP contribution in [0.1, 0.15) is 19.4 Å². The fourth-order valence-electron chi connectivity index (χ4n) is 1.88. The molecule has 17 heavy (non-hydrogen) atoms. The molecule has 0 amide bonds. The lowest BCUT2D eigenvalue weighted by atomic mass is 10.1. The third-order valence-corrected chi connectivity index (χ3v) is 3.82. The Morgan fingerprint density at radius 3 is 2.88 bits per heavy atom. The van der Waals surface area contributed by atoms with Gasteiger partial charge in [0.1, 0.15) is 5.75 Å². The van der Waals surface area contributed by atoms with Crippen molar-refractivity contribution in [2.24, 2.45) is 0 Å². The number of hydrogen-bond acceptors (Lipinski definition) is 3. The maximum absolute atomic E-state index is 5.28. The predicted molar refractivity (Wildman–Crippen MR) is 75.2 cm³/mol. The van der Waals surface area contributed by atoms with E-state index < -0.39 is 0 Å². The van der Waals surface area contributed by atoms with Crippen molar-refractivity contribution in [1.29, 1.82) is 0 Å². The molecule has 1 N–H and O–H groups in total. The maximum atomic E-state index is 5.28. The van der Waals surface area contributed by atoms with E-state index in [1.807, 2.05) is 17.4 Å². The zero-order valence-electron chi connectivity index (χ0n) is 10.6. The standard InChI is InChI=1S/C14H19NOS/c1-10(2)15-7-6-11-9-17-14-5-4-12(16-3)8-13(11)14/h4-5,8-10,15H,6-7H2,1-3H3. The lowest BCUT2D eigenvalue weighted by Gasteiger charge is -2.07. The molecule has 0 aliphatic carbocycles. The topological polar surface area (TPSA) is 21.3 Å². The van der Waals surface area contributed by atoms with E-state index in [1.165, 1.54) is 15.6 Å². The number of hydrogen-bond donors (Lipinski definition) is 1. The van der Waals surface area contributed by atoms with Crippen molar-refractivity contribution in [3.8, 4) is 5.75 Å². The van der Waals surface area contributed by atoms with Crippen molar-refractivity contribution >= 4 is 21.4 Å². The third-order valence-electron chi connectivity index (χ3n) is 2.81. The van der Waals surface area contributed by atoms with Crippen LogP contribution in [0.5, 0.6) is 5.75 Å². The first-order valence-corrected chi connectivity index (χ1v) is 6.86. The van der Waals surface area contributed by atoms with E-state index in [1.54, 1.807) is 7.11 Å². The first-order valence-electron chi connectivity index (χ1n) is 5.98. The Kier molecular flexibility index (Phi) is 4.02. The molecule has 1 heterocycles. The van der Waals surface area contributed by atoms with Crippen molar-refractivity contribution in [2.45, 2.75) is 26.3 Å². The van der Waals surface area contributed by atoms with Crippen molar-refractivity contribution in [2.75, 3.05) is 13.7 Å². The Morgan fingerprint density at radius 1 is 1.35 bits per heavy atom. The number of nitrogens with one attached hydrogen (secondary N) is 1. The van der Waals surface area contributed by atoms with E-state index >= 15 is 0 Å². The van der Waals surface area contributed by atoms with Gasteiger partial charge in [-0.2, -0.15) is 0 Å². The van der Waals surface area contributed by atoms with Crippen LogP contribution in [-0.4, -0.2) is 19.7 Å². The molecule has 0 aliphatic rings. The molecule has 2 rings (SSSR count). The van der Waals surface area contributed by atoms with E-state index in [2.05, 4.69) is 36.7 Å². The Morgan fingerprint density at radius 2 is 2.18 bits per heavy atom. The SMILES string of the molecule is COc1ccc2scc(CCNC(C)C)c2c1. The second kappa shape index (κ2) is 5.52. The Bertz CT molecular complexity index is 490. The average Bonchev–Trinajstić information content (AvgIpc) is 2.71. The van der Waals surface area contributed by atoms with Gasteiger partial charge in [-0.1, -0.05) is 13.8 Å². The molecule has 0 bridgehead atoms. The quantitative estimate of drug-likeness (QED) is 0.876. The number of rotatable bonds is 5. The molecular formula is C14H19NOS. The van der Waals surface area contributed by atoms with Crippen LogP contribution in [0.25, 0.3) is 10.1 Å². The molecule has 2 aromatic rings. The highest BCUT2D eigenvalue weighted by Gasteiger charge is 2.05. The minimum absolute atomic E-state index is 0.550. The van der Waals surface area contributed by atoms with Crippen LogP contribution in [0.3, 0.4) is 0 Å². The zero-order valence-corrected chi connectivity index (χ0v) is 11.4. The molecule has 0 aliphatic heterocycles. The van der Waals surface area contributed by atoms with Gasteiger partial charge in [-0.15, -0.1) is 11.3 Å². The number of thiophene rings is 1. The zero-order chi connectivity index (χ0) is 12.3. The molecule has 0 radical (unpaired) electrons. The summed E-state index contributed by atoms with van der Waals surface area (Å²) in [5, 5.41) is 7.04. The lowest BCUT2D eigenvalue weighted by molar-refractivity contribution is 0.415. The van der Waals surface area contributed by atoms with Crippen molar-refractivity contribution in [1.82, 2.24) is 5.32 Å². The lowest BCUT2D eigenvalue weighted by Crippen LogP contribution is -2.24. The van der Waals surface area contributed by atoms with E-state index in [0.29, 0.717) is 6.04 Å². The largest absolute Gasteiger partial charge is 0.497 e.